The van der Waals surface area contributed by atoms with Gasteiger partial charge >= 0.3 is 5.97 Å². The maximum atomic E-state index is 12.3. The quantitative estimate of drug-likeness (QED) is 0.821. The Balaban J connectivity index is 1.84. The van der Waals surface area contributed by atoms with Gasteiger partial charge in [0, 0.05) is 26.1 Å². The first kappa shape index (κ1) is 13.3. The smallest absolute Gasteiger partial charge is 0.303 e. The van der Waals surface area contributed by atoms with Crippen molar-refractivity contribution in [2.45, 2.75) is 44.6 Å². The minimum Gasteiger partial charge on any atom is -0.481 e. The molecule has 5 heteroatoms. The number of carboxylic acid groups (broad SMARTS) is 1. The van der Waals surface area contributed by atoms with Crippen molar-refractivity contribution in [3.63, 3.8) is 0 Å². The largest absolute Gasteiger partial charge is 0.481 e. The highest BCUT2D eigenvalue weighted by Crippen LogP contribution is 2.30. The average molecular weight is 255 g/mol. The second kappa shape index (κ2) is 5.26. The lowest BCUT2D eigenvalue weighted by molar-refractivity contribution is -0.150. The van der Waals surface area contributed by atoms with E-state index in [1.807, 2.05) is 11.8 Å². The van der Waals surface area contributed by atoms with Gasteiger partial charge in [0.05, 0.1) is 0 Å². The highest BCUT2D eigenvalue weighted by atomic mass is 16.5. The summed E-state index contributed by atoms with van der Waals surface area (Å²) in [6.45, 7) is 3.96. The van der Waals surface area contributed by atoms with Crippen molar-refractivity contribution < 1.29 is 19.4 Å². The molecular weight excluding hydrogens is 234 g/mol. The molecule has 1 N–H and O–H groups in total. The van der Waals surface area contributed by atoms with Crippen LogP contribution in [0.1, 0.15) is 39.0 Å². The number of likely N-dealkylation sites (tertiary alicyclic amines) is 1. The third kappa shape index (κ3) is 2.83. The number of ether oxygens (including phenoxy) is 1. The number of rotatable bonds is 4. The van der Waals surface area contributed by atoms with E-state index in [0.29, 0.717) is 25.5 Å². The second-order valence-electron chi connectivity index (χ2n) is 5.52. The third-order valence-corrected chi connectivity index (χ3v) is 4.01. The van der Waals surface area contributed by atoms with Crippen LogP contribution in [0.4, 0.5) is 0 Å². The van der Waals surface area contributed by atoms with E-state index in [1.165, 1.54) is 0 Å². The lowest BCUT2D eigenvalue weighted by atomic mass is 10.0. The molecule has 0 bridgehead atoms. The van der Waals surface area contributed by atoms with E-state index in [0.717, 1.165) is 25.8 Å². The lowest BCUT2D eigenvalue weighted by Crippen LogP contribution is -2.45. The fourth-order valence-corrected chi connectivity index (χ4v) is 2.86. The number of carbonyl (C=O) groups excluding carboxylic acids is 1. The van der Waals surface area contributed by atoms with Crippen LogP contribution in [0.5, 0.6) is 0 Å². The summed E-state index contributed by atoms with van der Waals surface area (Å²) < 4.78 is 5.56. The van der Waals surface area contributed by atoms with Gasteiger partial charge in [-0.1, -0.05) is 0 Å². The molecule has 0 spiro atoms. The fraction of sp³-hybridized carbons (Fsp3) is 0.846. The summed E-state index contributed by atoms with van der Waals surface area (Å²) in [5.41, 5.74) is -0.637. The van der Waals surface area contributed by atoms with Crippen LogP contribution in [0, 0.1) is 5.92 Å². The molecule has 2 heterocycles. The number of amides is 1. The molecule has 0 aromatic carbocycles. The molecule has 0 aromatic heterocycles. The maximum Gasteiger partial charge on any atom is 0.303 e. The van der Waals surface area contributed by atoms with Gasteiger partial charge < -0.3 is 14.7 Å². The Labute approximate surface area is 107 Å². The van der Waals surface area contributed by atoms with Crippen LogP contribution < -0.4 is 0 Å². The zero-order chi connectivity index (χ0) is 13.2. The van der Waals surface area contributed by atoms with Gasteiger partial charge in [-0.15, -0.1) is 0 Å². The average Bonchev–Trinajstić information content (AvgIpc) is 2.95. The van der Waals surface area contributed by atoms with E-state index in [2.05, 4.69) is 0 Å². The van der Waals surface area contributed by atoms with Gasteiger partial charge in [0.25, 0.3) is 5.91 Å². The van der Waals surface area contributed by atoms with Crippen LogP contribution in [0.15, 0.2) is 0 Å². The number of hydrogen-bond acceptors (Lipinski definition) is 3. The number of nitrogens with zero attached hydrogens (tertiary/aromatic N) is 1. The topological polar surface area (TPSA) is 66.8 Å². The van der Waals surface area contributed by atoms with Crippen molar-refractivity contribution >= 4 is 11.9 Å². The molecule has 0 aliphatic carbocycles. The standard InChI is InChI=1S/C13H21NO4/c1-13(6-2-8-18-13)12(17)14-7-5-10(9-14)3-4-11(15)16/h10H,2-9H2,1H3,(H,15,16). The predicted octanol–water partition coefficient (Wildman–Crippen LogP) is 1.27. The molecule has 0 radical (unpaired) electrons. The van der Waals surface area contributed by atoms with Gasteiger partial charge in [-0.2, -0.15) is 0 Å². The fourth-order valence-electron chi connectivity index (χ4n) is 2.86. The monoisotopic (exact) mass is 255 g/mol. The molecule has 5 nitrogen and oxygen atoms in total. The first-order valence-corrected chi connectivity index (χ1v) is 6.66. The Hall–Kier alpha value is -1.10. The zero-order valence-electron chi connectivity index (χ0n) is 10.9. The van der Waals surface area contributed by atoms with Crippen molar-refractivity contribution in [3.05, 3.63) is 0 Å². The molecular formula is C13H21NO4. The van der Waals surface area contributed by atoms with Crippen molar-refractivity contribution in [2.24, 2.45) is 5.92 Å². The number of carboxylic acids is 1. The molecule has 1 amide bonds. The molecule has 2 saturated heterocycles. The number of hydrogen-bond donors (Lipinski definition) is 1. The summed E-state index contributed by atoms with van der Waals surface area (Å²) in [5.74, 6) is -0.348. The normalized spacial score (nSPS) is 31.8. The van der Waals surface area contributed by atoms with Crippen LogP contribution in [0.2, 0.25) is 0 Å². The molecule has 102 valence electrons. The second-order valence-corrected chi connectivity index (χ2v) is 5.52. The van der Waals surface area contributed by atoms with Gasteiger partial charge in [0.15, 0.2) is 0 Å². The van der Waals surface area contributed by atoms with Crippen LogP contribution in [0.3, 0.4) is 0 Å². The zero-order valence-corrected chi connectivity index (χ0v) is 10.9. The summed E-state index contributed by atoms with van der Waals surface area (Å²) in [5, 5.41) is 8.66. The summed E-state index contributed by atoms with van der Waals surface area (Å²) in [7, 11) is 0. The van der Waals surface area contributed by atoms with E-state index < -0.39 is 11.6 Å². The van der Waals surface area contributed by atoms with E-state index >= 15 is 0 Å². The Bertz CT molecular complexity index is 336. The Kier molecular flexibility index (Phi) is 3.90. The first-order chi connectivity index (χ1) is 8.51. The highest BCUT2D eigenvalue weighted by Gasteiger charge is 2.42. The van der Waals surface area contributed by atoms with Crippen molar-refractivity contribution in [3.8, 4) is 0 Å². The Morgan fingerprint density at radius 3 is 2.89 bits per heavy atom. The molecule has 2 aliphatic heterocycles. The van der Waals surface area contributed by atoms with Gasteiger partial charge in [-0.05, 0) is 38.5 Å². The Morgan fingerprint density at radius 1 is 1.50 bits per heavy atom. The van der Waals surface area contributed by atoms with E-state index in [-0.39, 0.29) is 12.3 Å². The minimum atomic E-state index is -0.758. The lowest BCUT2D eigenvalue weighted by Gasteiger charge is -2.28. The summed E-state index contributed by atoms with van der Waals surface area (Å²) >= 11 is 0. The van der Waals surface area contributed by atoms with Crippen LogP contribution in [-0.4, -0.2) is 47.2 Å². The molecule has 0 saturated carbocycles. The summed E-state index contributed by atoms with van der Waals surface area (Å²) in [6, 6.07) is 0. The van der Waals surface area contributed by atoms with Crippen LogP contribution >= 0.6 is 0 Å². The molecule has 2 fully saturated rings. The van der Waals surface area contributed by atoms with Crippen LogP contribution in [-0.2, 0) is 14.3 Å². The SMILES string of the molecule is CC1(C(=O)N2CCC(CCC(=O)O)C2)CCCO1. The minimum absolute atomic E-state index is 0.0813. The summed E-state index contributed by atoms with van der Waals surface area (Å²) in [4.78, 5) is 24.7. The van der Waals surface area contributed by atoms with Crippen LogP contribution in [0.25, 0.3) is 0 Å². The molecule has 2 unspecified atom stereocenters. The van der Waals surface area contributed by atoms with E-state index in [1.54, 1.807) is 0 Å². The van der Waals surface area contributed by atoms with Crippen molar-refractivity contribution in [2.75, 3.05) is 19.7 Å². The van der Waals surface area contributed by atoms with Gasteiger partial charge in [-0.25, -0.2) is 0 Å². The summed E-state index contributed by atoms with van der Waals surface area (Å²) in [6.07, 6.45) is 3.51. The van der Waals surface area contributed by atoms with Gasteiger partial charge in [-0.3, -0.25) is 9.59 Å². The Morgan fingerprint density at radius 2 is 2.28 bits per heavy atom. The number of aliphatic carboxylic acids is 1. The van der Waals surface area contributed by atoms with Gasteiger partial charge in [0.2, 0.25) is 0 Å². The van der Waals surface area contributed by atoms with Crippen molar-refractivity contribution in [1.29, 1.82) is 0 Å². The number of carbonyl (C=O) groups is 2. The van der Waals surface area contributed by atoms with E-state index in [4.69, 9.17) is 9.84 Å². The molecule has 0 aromatic rings. The predicted molar refractivity (Wildman–Crippen MR) is 65.1 cm³/mol. The molecule has 2 rings (SSSR count). The van der Waals surface area contributed by atoms with Crippen molar-refractivity contribution in [1.82, 2.24) is 4.90 Å². The molecule has 18 heavy (non-hydrogen) atoms. The first-order valence-electron chi connectivity index (χ1n) is 6.66. The molecule has 2 aliphatic rings. The maximum absolute atomic E-state index is 12.3. The molecule has 2 atom stereocenters. The highest BCUT2D eigenvalue weighted by molar-refractivity contribution is 5.85. The third-order valence-electron chi connectivity index (χ3n) is 4.01. The van der Waals surface area contributed by atoms with Gasteiger partial charge in [0.1, 0.15) is 5.60 Å². The van der Waals surface area contributed by atoms with E-state index in [9.17, 15) is 9.59 Å².